The normalized spacial score (nSPS) is 14.6. The molecule has 196 valence electrons. The number of benzene rings is 1. The zero-order valence-corrected chi connectivity index (χ0v) is 21.4. The van der Waals surface area contributed by atoms with Gasteiger partial charge in [-0.3, -0.25) is 14.7 Å². The Balaban J connectivity index is 1.59. The third-order valence-corrected chi connectivity index (χ3v) is 6.93. The number of nitrogens with one attached hydrogen (secondary N) is 2. The number of hydrogen-bond acceptors (Lipinski definition) is 4. The van der Waals surface area contributed by atoms with Crippen molar-refractivity contribution in [1.82, 2.24) is 24.6 Å². The van der Waals surface area contributed by atoms with Gasteiger partial charge in [0.2, 0.25) is 5.95 Å². The fourth-order valence-electron chi connectivity index (χ4n) is 4.83. The van der Waals surface area contributed by atoms with E-state index in [0.29, 0.717) is 55.3 Å². The molecular formula is C28H34FN5O3. The van der Waals surface area contributed by atoms with Crippen LogP contribution in [-0.2, 0) is 24.1 Å². The Labute approximate surface area is 215 Å². The first-order valence-electron chi connectivity index (χ1n) is 12.5. The summed E-state index contributed by atoms with van der Waals surface area (Å²) in [4.78, 5) is 35.3. The second-order valence-corrected chi connectivity index (χ2v) is 10.1. The summed E-state index contributed by atoms with van der Waals surface area (Å²) in [6, 6.07) is 6.30. The summed E-state index contributed by atoms with van der Waals surface area (Å²) in [5.41, 5.74) is 2.13. The lowest BCUT2D eigenvalue weighted by Gasteiger charge is -2.35. The molecule has 3 aromatic rings. The molecule has 9 heteroatoms. The van der Waals surface area contributed by atoms with Gasteiger partial charge in [-0.25, -0.2) is 9.37 Å². The molecule has 1 aliphatic rings. The number of likely N-dealkylation sites (tertiary alicyclic amines) is 1. The summed E-state index contributed by atoms with van der Waals surface area (Å²) in [6.45, 7) is 11.7. The molecule has 8 nitrogen and oxygen atoms in total. The van der Waals surface area contributed by atoms with Gasteiger partial charge in [0.15, 0.2) is 0 Å². The topological polar surface area (TPSA) is 107 Å². The predicted octanol–water partition coefficient (Wildman–Crippen LogP) is 3.65. The van der Waals surface area contributed by atoms with Crippen LogP contribution in [0.25, 0.3) is 18.1 Å². The van der Waals surface area contributed by atoms with E-state index < -0.39 is 5.60 Å². The Morgan fingerprint density at radius 3 is 2.43 bits per heavy atom. The molecule has 1 fully saturated rings. The Morgan fingerprint density at radius 2 is 1.86 bits per heavy atom. The number of aromatic nitrogens is 4. The number of piperidine rings is 1. The number of H-pyrrole nitrogens is 2. The molecule has 0 radical (unpaired) electrons. The number of rotatable bonds is 9. The van der Waals surface area contributed by atoms with Crippen LogP contribution >= 0.6 is 0 Å². The van der Waals surface area contributed by atoms with Gasteiger partial charge >= 0.3 is 0 Å². The van der Waals surface area contributed by atoms with E-state index in [0.717, 1.165) is 24.1 Å². The number of hydrogen-bond donors (Lipinski definition) is 3. The molecular weight excluding hydrogens is 473 g/mol. The maximum absolute atomic E-state index is 13.5. The predicted molar refractivity (Wildman–Crippen MR) is 142 cm³/mol. The minimum Gasteiger partial charge on any atom is -0.381 e. The molecule has 0 saturated carbocycles. The summed E-state index contributed by atoms with van der Waals surface area (Å²) < 4.78 is 14.8. The van der Waals surface area contributed by atoms with E-state index in [1.54, 1.807) is 29.2 Å². The molecule has 0 spiro atoms. The first kappa shape index (κ1) is 26.3. The maximum atomic E-state index is 13.5. The van der Waals surface area contributed by atoms with Crippen molar-refractivity contribution in [3.63, 3.8) is 0 Å². The molecule has 0 unspecified atom stereocenters. The number of imidazole rings is 1. The van der Waals surface area contributed by atoms with Crippen LogP contribution in [0.5, 0.6) is 0 Å². The number of carbonyl (C=O) groups is 1. The highest BCUT2D eigenvalue weighted by Crippen LogP contribution is 2.24. The third kappa shape index (κ3) is 5.83. The minimum absolute atomic E-state index is 0.188. The van der Waals surface area contributed by atoms with Crippen LogP contribution in [0.15, 0.2) is 42.2 Å². The van der Waals surface area contributed by atoms with Crippen LogP contribution in [0.1, 0.15) is 54.9 Å². The van der Waals surface area contributed by atoms with E-state index in [2.05, 4.69) is 28.2 Å². The van der Waals surface area contributed by atoms with Crippen molar-refractivity contribution in [3.05, 3.63) is 81.8 Å². The molecule has 1 saturated heterocycles. The molecule has 1 aromatic carbocycles. The number of aryl methyl sites for hydroxylation is 1. The smallest absolute Gasteiger partial charge is 0.277 e. The van der Waals surface area contributed by atoms with Crippen LogP contribution in [0.3, 0.4) is 0 Å². The molecule has 37 heavy (non-hydrogen) atoms. The average molecular weight is 508 g/mol. The van der Waals surface area contributed by atoms with Crippen LogP contribution in [-0.4, -0.2) is 54.4 Å². The lowest BCUT2D eigenvalue weighted by Crippen LogP contribution is -2.48. The molecule has 0 atom stereocenters. The molecule has 0 bridgehead atoms. The molecule has 3 N–H and O–H groups in total. The maximum Gasteiger partial charge on any atom is 0.277 e. The van der Waals surface area contributed by atoms with Crippen molar-refractivity contribution in [2.45, 2.75) is 51.6 Å². The SMILES string of the molecule is C=Cc1nc(-n2[nH]c(CC3CCN(C(=O)C(C)(C)O)CC3)c(CCc3ccc(F)cc3)c2=O)[nH]c1C=C. The van der Waals surface area contributed by atoms with E-state index in [1.807, 2.05) is 0 Å². The lowest BCUT2D eigenvalue weighted by molar-refractivity contribution is -0.149. The molecule has 3 heterocycles. The van der Waals surface area contributed by atoms with E-state index in [4.69, 9.17) is 0 Å². The van der Waals surface area contributed by atoms with E-state index in [9.17, 15) is 19.1 Å². The highest BCUT2D eigenvalue weighted by molar-refractivity contribution is 5.84. The van der Waals surface area contributed by atoms with Gasteiger partial charge in [0.05, 0.1) is 11.4 Å². The third-order valence-electron chi connectivity index (χ3n) is 6.93. The largest absolute Gasteiger partial charge is 0.381 e. The summed E-state index contributed by atoms with van der Waals surface area (Å²) in [7, 11) is 0. The van der Waals surface area contributed by atoms with E-state index in [1.165, 1.54) is 30.7 Å². The molecule has 0 aliphatic carbocycles. The van der Waals surface area contributed by atoms with Crippen molar-refractivity contribution < 1.29 is 14.3 Å². The van der Waals surface area contributed by atoms with Crippen LogP contribution < -0.4 is 5.56 Å². The van der Waals surface area contributed by atoms with Gasteiger partial charge in [0, 0.05) is 24.3 Å². The number of carbonyl (C=O) groups excluding carboxylic acids is 1. The molecule has 4 rings (SSSR count). The number of amides is 1. The van der Waals surface area contributed by atoms with Gasteiger partial charge in [0.1, 0.15) is 11.4 Å². The lowest BCUT2D eigenvalue weighted by atomic mass is 9.89. The zero-order chi connectivity index (χ0) is 26.7. The Kier molecular flexibility index (Phi) is 7.63. The molecule has 1 aliphatic heterocycles. The van der Waals surface area contributed by atoms with Crippen LogP contribution in [0.2, 0.25) is 0 Å². The van der Waals surface area contributed by atoms with E-state index in [-0.39, 0.29) is 23.2 Å². The van der Waals surface area contributed by atoms with Gasteiger partial charge in [-0.05, 0) is 81.7 Å². The van der Waals surface area contributed by atoms with Crippen molar-refractivity contribution in [3.8, 4) is 5.95 Å². The second kappa shape index (κ2) is 10.7. The number of aliphatic hydroxyl groups is 1. The molecule has 1 amide bonds. The van der Waals surface area contributed by atoms with Gasteiger partial charge in [0.25, 0.3) is 11.5 Å². The zero-order valence-electron chi connectivity index (χ0n) is 21.4. The summed E-state index contributed by atoms with van der Waals surface area (Å²) in [6.07, 6.45) is 6.50. The van der Waals surface area contributed by atoms with Gasteiger partial charge in [-0.15, -0.1) is 0 Å². The van der Waals surface area contributed by atoms with Crippen molar-refractivity contribution >= 4 is 18.1 Å². The Morgan fingerprint density at radius 1 is 1.19 bits per heavy atom. The highest BCUT2D eigenvalue weighted by Gasteiger charge is 2.32. The fourth-order valence-corrected chi connectivity index (χ4v) is 4.83. The molecule has 2 aromatic heterocycles. The standard InChI is InChI=1S/C28H34FN5O3/c1-5-22-23(6-2)31-27(30-22)34-25(35)21(12-9-18-7-10-20(29)11-8-18)24(32-34)17-19-13-15-33(16-14-19)26(36)28(3,4)37/h5-8,10-11,19,32,37H,1-2,9,12-17H2,3-4H3,(H,30,31). The quantitative estimate of drug-likeness (QED) is 0.411. The highest BCUT2D eigenvalue weighted by atomic mass is 19.1. The number of aromatic amines is 2. The minimum atomic E-state index is -1.39. The van der Waals surface area contributed by atoms with Gasteiger partial charge in [-0.1, -0.05) is 25.3 Å². The van der Waals surface area contributed by atoms with Crippen LogP contribution in [0.4, 0.5) is 4.39 Å². The summed E-state index contributed by atoms with van der Waals surface area (Å²) in [5.74, 6) is 0.0664. The average Bonchev–Trinajstić information content (AvgIpc) is 3.43. The van der Waals surface area contributed by atoms with Crippen LogP contribution in [0, 0.1) is 11.7 Å². The van der Waals surface area contributed by atoms with Crippen molar-refractivity contribution in [2.75, 3.05) is 13.1 Å². The van der Waals surface area contributed by atoms with Gasteiger partial charge < -0.3 is 15.0 Å². The van der Waals surface area contributed by atoms with Gasteiger partial charge in [-0.2, -0.15) is 4.68 Å². The van der Waals surface area contributed by atoms with Crippen molar-refractivity contribution in [1.29, 1.82) is 0 Å². The fraction of sp³-hybridized carbons (Fsp3) is 0.393. The Hall–Kier alpha value is -3.72. The number of halogens is 1. The van der Waals surface area contributed by atoms with E-state index >= 15 is 0 Å². The first-order chi connectivity index (χ1) is 17.6. The monoisotopic (exact) mass is 507 g/mol. The first-order valence-corrected chi connectivity index (χ1v) is 12.5. The Bertz CT molecular complexity index is 1310. The summed E-state index contributed by atoms with van der Waals surface area (Å²) >= 11 is 0. The second-order valence-electron chi connectivity index (χ2n) is 10.1. The number of nitrogens with zero attached hydrogens (tertiary/aromatic N) is 3. The summed E-state index contributed by atoms with van der Waals surface area (Å²) in [5, 5.41) is 13.3. The van der Waals surface area contributed by atoms with Crippen molar-refractivity contribution in [2.24, 2.45) is 5.92 Å².